The largest absolute Gasteiger partial charge is 0.462 e. The number of aryl methyl sites for hydroxylation is 1. The Labute approximate surface area is 147 Å². The first-order chi connectivity index (χ1) is 11.8. The number of nitrogens with one attached hydrogen (secondary N) is 1. The number of hydrogen-bond donors (Lipinski definition) is 1. The molecule has 2 aromatic rings. The molecule has 0 aliphatic rings. The molecule has 0 aliphatic heterocycles. The van der Waals surface area contributed by atoms with Gasteiger partial charge in [0.05, 0.1) is 22.8 Å². The van der Waals surface area contributed by atoms with Crippen LogP contribution in [0, 0.1) is 6.92 Å². The molecule has 0 radical (unpaired) electrons. The van der Waals surface area contributed by atoms with E-state index >= 15 is 0 Å². The molecule has 0 spiro atoms. The van der Waals surface area contributed by atoms with Crippen molar-refractivity contribution in [2.24, 2.45) is 5.10 Å². The maximum absolute atomic E-state index is 12.2. The second-order valence-corrected chi connectivity index (χ2v) is 7.06. The van der Waals surface area contributed by atoms with E-state index in [-0.39, 0.29) is 4.90 Å². The lowest BCUT2D eigenvalue weighted by Crippen LogP contribution is -2.20. The fourth-order valence-corrected chi connectivity index (χ4v) is 2.88. The summed E-state index contributed by atoms with van der Waals surface area (Å²) in [5.74, 6) is -0.399. The Balaban J connectivity index is 2.13. The second kappa shape index (κ2) is 7.94. The van der Waals surface area contributed by atoms with Crippen LogP contribution in [0.2, 0.25) is 0 Å². The van der Waals surface area contributed by atoms with Gasteiger partial charge in [-0.05, 0) is 50.6 Å². The van der Waals surface area contributed by atoms with Gasteiger partial charge in [-0.3, -0.25) is 0 Å². The van der Waals surface area contributed by atoms with E-state index in [2.05, 4.69) is 9.93 Å². The molecule has 0 fully saturated rings. The lowest BCUT2D eigenvalue weighted by Gasteiger charge is -2.06. The predicted molar refractivity (Wildman–Crippen MR) is 96.1 cm³/mol. The van der Waals surface area contributed by atoms with Crippen molar-refractivity contribution in [2.45, 2.75) is 25.7 Å². The van der Waals surface area contributed by atoms with Crippen LogP contribution in [0.4, 0.5) is 0 Å². The van der Waals surface area contributed by atoms with Crippen molar-refractivity contribution in [3.05, 3.63) is 65.2 Å². The molecule has 2 aromatic carbocycles. The van der Waals surface area contributed by atoms with Crippen molar-refractivity contribution in [1.82, 2.24) is 4.83 Å². The van der Waals surface area contributed by atoms with Crippen LogP contribution in [0.1, 0.15) is 35.3 Å². The topological polar surface area (TPSA) is 84.8 Å². The molecule has 0 bridgehead atoms. The first kappa shape index (κ1) is 18.7. The molecule has 132 valence electrons. The Hall–Kier alpha value is -2.67. The van der Waals surface area contributed by atoms with E-state index in [1.165, 1.54) is 12.1 Å². The summed E-state index contributed by atoms with van der Waals surface area (Å²) in [6.07, 6.45) is 0. The van der Waals surface area contributed by atoms with Crippen LogP contribution in [-0.4, -0.2) is 26.7 Å². The van der Waals surface area contributed by atoms with Crippen LogP contribution >= 0.6 is 0 Å². The summed E-state index contributed by atoms with van der Waals surface area (Å²) >= 11 is 0. The average molecular weight is 360 g/mol. The molecule has 0 saturated heterocycles. The van der Waals surface area contributed by atoms with Gasteiger partial charge in [-0.2, -0.15) is 18.4 Å². The van der Waals surface area contributed by atoms with Crippen molar-refractivity contribution in [1.29, 1.82) is 0 Å². The third kappa shape index (κ3) is 4.90. The van der Waals surface area contributed by atoms with Gasteiger partial charge < -0.3 is 4.74 Å². The van der Waals surface area contributed by atoms with E-state index in [0.717, 1.165) is 5.56 Å². The van der Waals surface area contributed by atoms with Gasteiger partial charge in [0.25, 0.3) is 10.0 Å². The monoisotopic (exact) mass is 360 g/mol. The highest BCUT2D eigenvalue weighted by molar-refractivity contribution is 7.89. The lowest BCUT2D eigenvalue weighted by atomic mass is 10.1. The van der Waals surface area contributed by atoms with Gasteiger partial charge in [0.1, 0.15) is 0 Å². The first-order valence-electron chi connectivity index (χ1n) is 7.74. The van der Waals surface area contributed by atoms with E-state index in [1.54, 1.807) is 50.2 Å². The number of carbonyl (C=O) groups excluding carboxylic acids is 1. The molecule has 0 atom stereocenters. The highest BCUT2D eigenvalue weighted by atomic mass is 32.2. The standard InChI is InChI=1S/C18H20N2O4S/c1-4-24-18(21)16-9-7-15(8-10-16)14(3)19-20-25(22,23)17-11-5-13(2)6-12-17/h5-12,20H,4H2,1-3H3/b19-14-. The van der Waals surface area contributed by atoms with E-state index < -0.39 is 16.0 Å². The average Bonchev–Trinajstić information content (AvgIpc) is 2.60. The molecule has 0 heterocycles. The normalized spacial score (nSPS) is 11.9. The quantitative estimate of drug-likeness (QED) is 0.488. The zero-order chi connectivity index (χ0) is 18.4. The van der Waals surface area contributed by atoms with Gasteiger partial charge in [-0.1, -0.05) is 29.8 Å². The molecule has 1 N–H and O–H groups in total. The van der Waals surface area contributed by atoms with Crippen LogP contribution in [0.15, 0.2) is 58.5 Å². The number of hydrogen-bond acceptors (Lipinski definition) is 5. The van der Waals surface area contributed by atoms with Crippen molar-refractivity contribution >= 4 is 21.7 Å². The Bertz CT molecular complexity index is 870. The highest BCUT2D eigenvalue weighted by Crippen LogP contribution is 2.11. The molecule has 7 heteroatoms. The third-order valence-corrected chi connectivity index (χ3v) is 4.70. The molecule has 0 saturated carbocycles. The van der Waals surface area contributed by atoms with Crippen LogP contribution < -0.4 is 4.83 Å². The summed E-state index contributed by atoms with van der Waals surface area (Å²) < 4.78 is 29.3. The zero-order valence-corrected chi connectivity index (χ0v) is 15.1. The van der Waals surface area contributed by atoms with Gasteiger partial charge >= 0.3 is 5.97 Å². The molecule has 0 amide bonds. The number of hydrazone groups is 1. The fraction of sp³-hybridized carbons (Fsp3) is 0.222. The number of nitrogens with zero attached hydrogens (tertiary/aromatic N) is 1. The minimum Gasteiger partial charge on any atom is -0.462 e. The van der Waals surface area contributed by atoms with Gasteiger partial charge in [0, 0.05) is 0 Å². The highest BCUT2D eigenvalue weighted by Gasteiger charge is 2.13. The van der Waals surface area contributed by atoms with E-state index in [1.807, 2.05) is 6.92 Å². The summed E-state index contributed by atoms with van der Waals surface area (Å²) in [6.45, 7) is 5.61. The number of ether oxygens (including phenoxy) is 1. The Morgan fingerprint density at radius 2 is 1.60 bits per heavy atom. The molecule has 0 aliphatic carbocycles. The van der Waals surface area contributed by atoms with E-state index in [0.29, 0.717) is 23.4 Å². The zero-order valence-electron chi connectivity index (χ0n) is 14.3. The van der Waals surface area contributed by atoms with Crippen molar-refractivity contribution in [3.63, 3.8) is 0 Å². The maximum atomic E-state index is 12.2. The van der Waals surface area contributed by atoms with E-state index in [9.17, 15) is 13.2 Å². The van der Waals surface area contributed by atoms with Gasteiger partial charge in [-0.25, -0.2) is 4.79 Å². The van der Waals surface area contributed by atoms with Gasteiger partial charge in [0.2, 0.25) is 0 Å². The smallest absolute Gasteiger partial charge is 0.338 e. The van der Waals surface area contributed by atoms with Crippen molar-refractivity contribution < 1.29 is 17.9 Å². The van der Waals surface area contributed by atoms with Crippen LogP contribution in [0.3, 0.4) is 0 Å². The van der Waals surface area contributed by atoms with Crippen LogP contribution in [-0.2, 0) is 14.8 Å². The minimum absolute atomic E-state index is 0.146. The fourth-order valence-electron chi connectivity index (χ4n) is 2.03. The molecule has 25 heavy (non-hydrogen) atoms. The number of rotatable bonds is 6. The number of benzene rings is 2. The first-order valence-corrected chi connectivity index (χ1v) is 9.22. The number of carbonyl (C=O) groups is 1. The molecular weight excluding hydrogens is 340 g/mol. The summed E-state index contributed by atoms with van der Waals surface area (Å²) in [4.78, 5) is 14.0. The van der Waals surface area contributed by atoms with E-state index in [4.69, 9.17) is 4.74 Å². The number of esters is 1. The van der Waals surface area contributed by atoms with Crippen molar-refractivity contribution in [3.8, 4) is 0 Å². The molecule has 6 nitrogen and oxygen atoms in total. The Kier molecular flexibility index (Phi) is 5.93. The Morgan fingerprint density at radius 3 is 2.16 bits per heavy atom. The van der Waals surface area contributed by atoms with Crippen molar-refractivity contribution in [2.75, 3.05) is 6.61 Å². The molecule has 2 rings (SSSR count). The number of sulfonamides is 1. The predicted octanol–water partition coefficient (Wildman–Crippen LogP) is 2.87. The SMILES string of the molecule is CCOC(=O)c1ccc(/C(C)=N\NS(=O)(=O)c2ccc(C)cc2)cc1. The molecule has 0 aromatic heterocycles. The summed E-state index contributed by atoms with van der Waals surface area (Å²) in [7, 11) is -3.72. The molecular formula is C18H20N2O4S. The second-order valence-electron chi connectivity index (χ2n) is 5.40. The molecule has 0 unspecified atom stereocenters. The lowest BCUT2D eigenvalue weighted by molar-refractivity contribution is 0.0526. The summed E-state index contributed by atoms with van der Waals surface area (Å²) in [5.41, 5.74) is 2.57. The minimum atomic E-state index is -3.72. The third-order valence-electron chi connectivity index (χ3n) is 3.48. The van der Waals surface area contributed by atoms with Gasteiger partial charge in [-0.15, -0.1) is 0 Å². The summed E-state index contributed by atoms with van der Waals surface area (Å²) in [6, 6.07) is 13.1. The summed E-state index contributed by atoms with van der Waals surface area (Å²) in [5, 5.41) is 3.94. The van der Waals surface area contributed by atoms with Crippen LogP contribution in [0.5, 0.6) is 0 Å². The van der Waals surface area contributed by atoms with Crippen LogP contribution in [0.25, 0.3) is 0 Å². The maximum Gasteiger partial charge on any atom is 0.338 e. The van der Waals surface area contributed by atoms with Gasteiger partial charge in [0.15, 0.2) is 0 Å². The Morgan fingerprint density at radius 1 is 1.04 bits per heavy atom.